The van der Waals surface area contributed by atoms with E-state index in [1.807, 2.05) is 43.0 Å². The number of hydrogen-bond donors (Lipinski definition) is 0. The van der Waals surface area contributed by atoms with Crippen molar-refractivity contribution in [1.29, 1.82) is 0 Å². The molecule has 4 rings (SSSR count). The third kappa shape index (κ3) is 2.78. The van der Waals surface area contributed by atoms with Gasteiger partial charge in [-0.05, 0) is 62.8 Å². The van der Waals surface area contributed by atoms with E-state index in [-0.39, 0.29) is 29.7 Å². The first-order valence-corrected chi connectivity index (χ1v) is 9.62. The zero-order valence-corrected chi connectivity index (χ0v) is 16.0. The molecule has 1 aromatic carbocycles. The number of amides is 2. The van der Waals surface area contributed by atoms with Crippen LogP contribution in [0.25, 0.3) is 0 Å². The van der Waals surface area contributed by atoms with Gasteiger partial charge < -0.3 is 14.5 Å². The molecule has 1 aliphatic heterocycles. The van der Waals surface area contributed by atoms with Crippen molar-refractivity contribution in [1.82, 2.24) is 4.90 Å². The first-order valence-electron chi connectivity index (χ1n) is 9.62. The van der Waals surface area contributed by atoms with E-state index >= 15 is 0 Å². The largest absolute Gasteiger partial charge is 0.497 e. The first kappa shape index (κ1) is 17.4. The molecule has 3 fully saturated rings. The Morgan fingerprint density at radius 1 is 1.15 bits per heavy atom. The molecule has 5 heteroatoms. The van der Waals surface area contributed by atoms with E-state index in [0.29, 0.717) is 6.54 Å². The van der Waals surface area contributed by atoms with Gasteiger partial charge in [-0.15, -0.1) is 0 Å². The summed E-state index contributed by atoms with van der Waals surface area (Å²) in [6, 6.07) is 7.54. The lowest BCUT2D eigenvalue weighted by Gasteiger charge is -2.47. The van der Waals surface area contributed by atoms with Gasteiger partial charge in [-0.2, -0.15) is 0 Å². The van der Waals surface area contributed by atoms with Gasteiger partial charge >= 0.3 is 0 Å². The fraction of sp³-hybridized carbons (Fsp3) is 0.619. The van der Waals surface area contributed by atoms with Crippen LogP contribution >= 0.6 is 0 Å². The number of piperazine rings is 1. The van der Waals surface area contributed by atoms with Gasteiger partial charge in [-0.3, -0.25) is 9.59 Å². The van der Waals surface area contributed by atoms with Crippen LogP contribution in [0.5, 0.6) is 5.75 Å². The van der Waals surface area contributed by atoms with Crippen LogP contribution in [0, 0.1) is 11.3 Å². The number of carbonyl (C=O) groups is 2. The van der Waals surface area contributed by atoms with Gasteiger partial charge in [0.25, 0.3) is 0 Å². The Balaban J connectivity index is 1.50. The Hall–Kier alpha value is -2.04. The molecule has 0 aromatic heterocycles. The van der Waals surface area contributed by atoms with Crippen molar-refractivity contribution in [3.05, 3.63) is 24.3 Å². The molecule has 2 saturated carbocycles. The highest BCUT2D eigenvalue weighted by atomic mass is 16.5. The highest BCUT2D eigenvalue weighted by molar-refractivity contribution is 6.00. The van der Waals surface area contributed by atoms with Crippen molar-refractivity contribution in [3.8, 4) is 5.75 Å². The van der Waals surface area contributed by atoms with Gasteiger partial charge in [0.05, 0.1) is 12.6 Å². The number of hydrogen-bond acceptors (Lipinski definition) is 3. The van der Waals surface area contributed by atoms with Gasteiger partial charge in [0.2, 0.25) is 11.8 Å². The summed E-state index contributed by atoms with van der Waals surface area (Å²) in [5.74, 6) is 1.10. The van der Waals surface area contributed by atoms with Gasteiger partial charge in [0, 0.05) is 18.2 Å². The SMILES string of the molecule is COc1ccc(N2C(=O)CN(C(=O)C3CC34CCCC4)CC2(C)C)cc1. The number of ether oxygens (including phenoxy) is 1. The molecule has 140 valence electrons. The highest BCUT2D eigenvalue weighted by Gasteiger charge is 2.60. The summed E-state index contributed by atoms with van der Waals surface area (Å²) in [6.45, 7) is 4.83. The summed E-state index contributed by atoms with van der Waals surface area (Å²) >= 11 is 0. The van der Waals surface area contributed by atoms with Crippen LogP contribution in [0.1, 0.15) is 46.0 Å². The Labute approximate surface area is 155 Å². The zero-order valence-electron chi connectivity index (χ0n) is 16.0. The summed E-state index contributed by atoms with van der Waals surface area (Å²) in [7, 11) is 1.63. The third-order valence-electron chi connectivity index (χ3n) is 6.49. The van der Waals surface area contributed by atoms with Gasteiger partial charge in [0.15, 0.2) is 0 Å². The maximum absolute atomic E-state index is 13.0. The van der Waals surface area contributed by atoms with Crippen molar-refractivity contribution in [2.24, 2.45) is 11.3 Å². The zero-order chi connectivity index (χ0) is 18.5. The van der Waals surface area contributed by atoms with Crippen LogP contribution in [-0.4, -0.2) is 42.5 Å². The lowest BCUT2D eigenvalue weighted by atomic mass is 9.95. The molecule has 2 amide bonds. The Morgan fingerprint density at radius 3 is 2.38 bits per heavy atom. The third-order valence-corrected chi connectivity index (χ3v) is 6.49. The quantitative estimate of drug-likeness (QED) is 0.835. The molecule has 5 nitrogen and oxygen atoms in total. The summed E-state index contributed by atoms with van der Waals surface area (Å²) in [5, 5.41) is 0. The maximum Gasteiger partial charge on any atom is 0.247 e. The Morgan fingerprint density at radius 2 is 1.81 bits per heavy atom. The number of methoxy groups -OCH3 is 1. The van der Waals surface area contributed by atoms with Crippen LogP contribution in [0.2, 0.25) is 0 Å². The van der Waals surface area contributed by atoms with Crippen LogP contribution in [-0.2, 0) is 9.59 Å². The van der Waals surface area contributed by atoms with E-state index in [9.17, 15) is 9.59 Å². The fourth-order valence-corrected chi connectivity index (χ4v) is 5.09. The highest BCUT2D eigenvalue weighted by Crippen LogP contribution is 2.63. The molecule has 2 aliphatic carbocycles. The molecule has 0 radical (unpaired) electrons. The lowest BCUT2D eigenvalue weighted by Crippen LogP contribution is -2.63. The molecule has 1 saturated heterocycles. The second-order valence-electron chi connectivity index (χ2n) is 8.76. The second-order valence-corrected chi connectivity index (χ2v) is 8.76. The van der Waals surface area contributed by atoms with Crippen LogP contribution in [0.3, 0.4) is 0 Å². The molecular weight excluding hydrogens is 328 g/mol. The minimum atomic E-state index is -0.433. The first-order chi connectivity index (χ1) is 12.4. The van der Waals surface area contributed by atoms with E-state index in [1.165, 1.54) is 25.7 Å². The van der Waals surface area contributed by atoms with Crippen molar-refractivity contribution in [3.63, 3.8) is 0 Å². The van der Waals surface area contributed by atoms with Crippen molar-refractivity contribution >= 4 is 17.5 Å². The van der Waals surface area contributed by atoms with E-state index < -0.39 is 5.54 Å². The van der Waals surface area contributed by atoms with E-state index in [2.05, 4.69) is 0 Å². The molecule has 1 aromatic rings. The summed E-state index contributed by atoms with van der Waals surface area (Å²) < 4.78 is 5.21. The molecule has 26 heavy (non-hydrogen) atoms. The molecule has 1 heterocycles. The van der Waals surface area contributed by atoms with Crippen molar-refractivity contribution in [2.75, 3.05) is 25.1 Å². The minimum Gasteiger partial charge on any atom is -0.497 e. The molecule has 1 spiro atoms. The number of rotatable bonds is 3. The maximum atomic E-state index is 13.0. The second kappa shape index (κ2) is 6.00. The standard InChI is InChI=1S/C21H28N2O3/c1-20(2)14-22(19(25)17-12-21(17)10-4-5-11-21)13-18(24)23(20)15-6-8-16(26-3)9-7-15/h6-9,17H,4-5,10-14H2,1-3H3. The topological polar surface area (TPSA) is 49.9 Å². The molecule has 3 aliphatic rings. The lowest BCUT2D eigenvalue weighted by molar-refractivity contribution is -0.140. The smallest absolute Gasteiger partial charge is 0.247 e. The monoisotopic (exact) mass is 356 g/mol. The predicted molar refractivity (Wildman–Crippen MR) is 100 cm³/mol. The van der Waals surface area contributed by atoms with Gasteiger partial charge in [0.1, 0.15) is 12.3 Å². The van der Waals surface area contributed by atoms with E-state index in [0.717, 1.165) is 17.9 Å². The summed E-state index contributed by atoms with van der Waals surface area (Å²) in [5.41, 5.74) is 0.695. The molecule has 0 N–H and O–H groups in total. The Kier molecular flexibility index (Phi) is 4.01. The number of carbonyl (C=O) groups excluding carboxylic acids is 2. The summed E-state index contributed by atoms with van der Waals surface area (Å²) in [4.78, 5) is 29.6. The van der Waals surface area contributed by atoms with Gasteiger partial charge in [-0.1, -0.05) is 12.8 Å². The van der Waals surface area contributed by atoms with Crippen LogP contribution in [0.4, 0.5) is 5.69 Å². The molecule has 1 unspecified atom stereocenters. The van der Waals surface area contributed by atoms with E-state index in [4.69, 9.17) is 4.74 Å². The Bertz CT molecular complexity index is 719. The molecule has 0 bridgehead atoms. The van der Waals surface area contributed by atoms with E-state index in [1.54, 1.807) is 12.0 Å². The van der Waals surface area contributed by atoms with Gasteiger partial charge in [-0.25, -0.2) is 0 Å². The number of benzene rings is 1. The van der Waals surface area contributed by atoms with Crippen molar-refractivity contribution < 1.29 is 14.3 Å². The van der Waals surface area contributed by atoms with Crippen LogP contribution in [0.15, 0.2) is 24.3 Å². The fourth-order valence-electron chi connectivity index (χ4n) is 5.09. The molecular formula is C21H28N2O3. The predicted octanol–water partition coefficient (Wildman–Crippen LogP) is 3.23. The van der Waals surface area contributed by atoms with Crippen molar-refractivity contribution in [2.45, 2.75) is 51.5 Å². The summed E-state index contributed by atoms with van der Waals surface area (Å²) in [6.07, 6.45) is 5.90. The average Bonchev–Trinajstić information content (AvgIpc) is 3.09. The van der Waals surface area contributed by atoms with Crippen LogP contribution < -0.4 is 9.64 Å². The number of anilines is 1. The normalized spacial score (nSPS) is 26.3. The minimum absolute atomic E-state index is 0.0131. The molecule has 1 atom stereocenters. The number of nitrogens with zero attached hydrogens (tertiary/aromatic N) is 2. The average molecular weight is 356 g/mol.